The van der Waals surface area contributed by atoms with Gasteiger partial charge in [0.2, 0.25) is 23.8 Å². The van der Waals surface area contributed by atoms with Crippen molar-refractivity contribution in [1.82, 2.24) is 96.3 Å². The number of hydrogen-bond donors (Lipinski definition) is 13. The summed E-state index contributed by atoms with van der Waals surface area (Å²) in [4.78, 5) is 148. The standard InChI is InChI=1S/C19H22N6O2.C17H16FN5O3.C17H19N7O3.C17H17N5O3/c1-4-21-19(27)24-18-22-15-9-13(12-6-5-7-20-10-12)8-14(17(15)23-18)16(26)11-25(2)3;1-3-20-17(25)23-16-21-11-7-10(9-5-4-6-19-8-9)13(18)12(14(11)22-16)15(24)26-2;1-4-19-16(26)24-15-22-12-6-9(10-7-20-17(27-3)21-8-10)5-11(13(12)23-15)14(25)18-2;1-3-19-17(24)22-16-20-13-8-11(10-5-4-6-18-9-10)7-12(14(13)21-16)15(23)25-2/h5-10H,4,11H2,1-3H3,(H3,21,22,23,24,27);4-8H,3H2,1-2H3,(H3,20,21,22,23,25);5-8H,4H2,1-3H3,(H,18,25)(H3,19,22,23,24,26);4-9H,3H2,1-2H3,(H3,19,20,21,22,24). The number of pyridine rings is 3. The third-order valence-corrected chi connectivity index (χ3v) is 14.9. The summed E-state index contributed by atoms with van der Waals surface area (Å²) in [5, 5.41) is 23.4. The predicted octanol–water partition coefficient (Wildman–Crippen LogP) is 9.28. The van der Waals surface area contributed by atoms with E-state index < -0.39 is 23.8 Å². The zero-order chi connectivity index (χ0) is 75.3. The van der Waals surface area contributed by atoms with Crippen molar-refractivity contribution in [2.45, 2.75) is 27.7 Å². The van der Waals surface area contributed by atoms with Gasteiger partial charge in [-0.1, -0.05) is 18.2 Å². The number of imidazole rings is 4. The van der Waals surface area contributed by atoms with Crippen LogP contribution < -0.4 is 52.6 Å². The summed E-state index contributed by atoms with van der Waals surface area (Å²) in [7, 11) is 9.17. The van der Waals surface area contributed by atoms with Crippen LogP contribution in [-0.2, 0) is 9.47 Å². The summed E-state index contributed by atoms with van der Waals surface area (Å²) in [5.74, 6) is -1.63. The van der Waals surface area contributed by atoms with Crippen LogP contribution in [0.5, 0.6) is 6.01 Å². The van der Waals surface area contributed by atoms with Crippen molar-refractivity contribution in [1.29, 1.82) is 0 Å². The van der Waals surface area contributed by atoms with E-state index in [0.717, 1.165) is 34.9 Å². The molecule has 0 radical (unpaired) electrons. The number of nitrogens with one attached hydrogen (secondary N) is 13. The number of anilines is 4. The molecule has 0 spiro atoms. The molecule has 0 aliphatic rings. The molecule has 0 saturated carbocycles. The van der Waals surface area contributed by atoms with Crippen molar-refractivity contribution >= 4 is 116 Å². The lowest BCUT2D eigenvalue weighted by Gasteiger charge is -2.10. The zero-order valence-corrected chi connectivity index (χ0v) is 58.5. The van der Waals surface area contributed by atoms with Crippen LogP contribution in [-0.4, -0.2) is 193 Å². The molecule has 12 rings (SSSR count). The summed E-state index contributed by atoms with van der Waals surface area (Å²) in [6, 6.07) is 21.7. The number of aromatic amines is 4. The van der Waals surface area contributed by atoms with Gasteiger partial charge in [-0.25, -0.2) is 63.1 Å². The minimum absolute atomic E-state index is 0.0493. The van der Waals surface area contributed by atoms with Crippen molar-refractivity contribution in [2.75, 3.05) is 96.5 Å². The Labute approximate surface area is 597 Å². The summed E-state index contributed by atoms with van der Waals surface area (Å²) >= 11 is 0. The van der Waals surface area contributed by atoms with E-state index in [-0.39, 0.29) is 82.8 Å². The molecule has 34 nitrogen and oxygen atoms in total. The molecule has 105 heavy (non-hydrogen) atoms. The molecule has 0 bridgehead atoms. The van der Waals surface area contributed by atoms with Crippen LogP contribution in [0, 0.1) is 5.82 Å². The number of ketones is 1. The molecule has 12 aromatic rings. The number of esters is 2. The second-order valence-corrected chi connectivity index (χ2v) is 22.5. The molecule has 8 aromatic heterocycles. The number of aromatic nitrogens is 13. The Morgan fingerprint density at radius 1 is 0.457 bits per heavy atom. The van der Waals surface area contributed by atoms with Gasteiger partial charge in [-0.2, -0.15) is 0 Å². The summed E-state index contributed by atoms with van der Waals surface area (Å²) < 4.78 is 29.6. The highest BCUT2D eigenvalue weighted by molar-refractivity contribution is 6.11. The lowest BCUT2D eigenvalue weighted by Crippen LogP contribution is -2.28. The maximum atomic E-state index is 15.0. The molecule has 0 aliphatic carbocycles. The van der Waals surface area contributed by atoms with E-state index in [0.29, 0.717) is 92.6 Å². The quantitative estimate of drug-likeness (QED) is 0.0265. The molecule has 0 atom stereocenters. The second kappa shape index (κ2) is 35.5. The van der Waals surface area contributed by atoms with Gasteiger partial charge in [-0.15, -0.1) is 0 Å². The van der Waals surface area contributed by atoms with Gasteiger partial charge in [-0.05, 0) is 119 Å². The normalized spacial score (nSPS) is 10.6. The second-order valence-electron chi connectivity index (χ2n) is 22.5. The van der Waals surface area contributed by atoms with Crippen molar-refractivity contribution in [3.05, 3.63) is 157 Å². The molecule has 0 fully saturated rings. The summed E-state index contributed by atoms with van der Waals surface area (Å²) in [5.41, 5.74) is 10.0. The number of hydrogen-bond acceptors (Lipinski definition) is 21. The van der Waals surface area contributed by atoms with Gasteiger partial charge in [0, 0.05) is 116 Å². The van der Waals surface area contributed by atoms with E-state index in [4.69, 9.17) is 14.2 Å². The first-order valence-electron chi connectivity index (χ1n) is 32.4. The number of rotatable bonds is 19. The Bertz CT molecular complexity index is 5110. The number of H-pyrrole nitrogens is 4. The molecule has 0 aliphatic heterocycles. The largest absolute Gasteiger partial charge is 0.467 e. The van der Waals surface area contributed by atoms with Gasteiger partial charge in [0.05, 0.1) is 61.1 Å². The maximum Gasteiger partial charge on any atom is 0.343 e. The highest BCUT2D eigenvalue weighted by atomic mass is 19.1. The lowest BCUT2D eigenvalue weighted by atomic mass is 10.0. The highest BCUT2D eigenvalue weighted by Gasteiger charge is 2.26. The molecule has 542 valence electrons. The third-order valence-electron chi connectivity index (χ3n) is 14.9. The topological polar surface area (TPSA) is 455 Å². The number of Topliss-reactive ketones (excluding diaryl/α,β-unsaturated/α-hetero) is 1. The Kier molecular flexibility index (Phi) is 25.4. The molecule has 4 aromatic carbocycles. The van der Waals surface area contributed by atoms with Crippen LogP contribution >= 0.6 is 0 Å². The van der Waals surface area contributed by atoms with Gasteiger partial charge in [-0.3, -0.25) is 45.8 Å². The maximum absolute atomic E-state index is 15.0. The Hall–Kier alpha value is -13.9. The number of fused-ring (bicyclic) bond motifs is 4. The fourth-order valence-corrected chi connectivity index (χ4v) is 10.3. The first-order valence-corrected chi connectivity index (χ1v) is 32.4. The fourth-order valence-electron chi connectivity index (χ4n) is 10.3. The predicted molar refractivity (Wildman–Crippen MR) is 391 cm³/mol. The number of amides is 9. The van der Waals surface area contributed by atoms with E-state index in [1.54, 1.807) is 74.6 Å². The molecular weight excluding hydrogens is 1360 g/mol. The molecule has 9 amide bonds. The monoisotopic (exact) mass is 1430 g/mol. The molecule has 8 heterocycles. The van der Waals surface area contributed by atoms with Crippen molar-refractivity contribution in [3.8, 4) is 50.5 Å². The number of ether oxygens (including phenoxy) is 3. The van der Waals surface area contributed by atoms with Gasteiger partial charge >= 0.3 is 42.1 Å². The van der Waals surface area contributed by atoms with Gasteiger partial charge in [0.1, 0.15) is 33.4 Å². The lowest BCUT2D eigenvalue weighted by molar-refractivity contribution is 0.0591. The van der Waals surface area contributed by atoms with Crippen molar-refractivity contribution in [3.63, 3.8) is 0 Å². The number of likely N-dealkylation sites (N-methyl/N-ethyl adjacent to an activating group) is 1. The van der Waals surface area contributed by atoms with Crippen LogP contribution in [0.25, 0.3) is 88.6 Å². The SMILES string of the molecule is CCNC(=O)Nc1nc2c(C(=O)CN(C)C)cc(-c3cccnc3)cc2[nH]1.CCNC(=O)Nc1nc2c(C(=O)NC)cc(-c3cnc(OC)nc3)cc2[nH]1.CCNC(=O)Nc1nc2c(C(=O)OC)c(F)c(-c3cccnc3)cc2[nH]1.CCNC(=O)Nc1nc2c(C(=O)OC)cc(-c3cccnc3)cc2[nH]1. The number of nitrogens with zero attached hydrogens (tertiary/aromatic N) is 10. The molecule has 0 unspecified atom stereocenters. The van der Waals surface area contributed by atoms with E-state index in [9.17, 15) is 38.4 Å². The average molecular weight is 1430 g/mol. The third kappa shape index (κ3) is 19.0. The molecule has 35 heteroatoms. The molecular formula is C70H74FN23O11. The zero-order valence-electron chi connectivity index (χ0n) is 58.5. The van der Waals surface area contributed by atoms with E-state index in [2.05, 4.69) is 113 Å². The van der Waals surface area contributed by atoms with Crippen molar-refractivity contribution in [2.24, 2.45) is 0 Å². The number of halogens is 1. The fraction of sp³-hybridized carbons (Fsp3) is 0.214. The van der Waals surface area contributed by atoms with Crippen LogP contribution in [0.15, 0.2) is 128 Å². The average Bonchev–Trinajstić information content (AvgIpc) is 1.50. The Morgan fingerprint density at radius 2 is 0.838 bits per heavy atom. The number of carbonyl (C=O) groups excluding carboxylic acids is 8. The van der Waals surface area contributed by atoms with E-state index >= 15 is 4.39 Å². The Balaban J connectivity index is 0.000000162. The number of benzene rings is 4. The molecule has 13 N–H and O–H groups in total. The van der Waals surface area contributed by atoms with Gasteiger partial charge in [0.25, 0.3) is 5.91 Å². The Morgan fingerprint density at radius 3 is 1.23 bits per heavy atom. The highest BCUT2D eigenvalue weighted by Crippen LogP contribution is 2.34. The smallest absolute Gasteiger partial charge is 0.343 e. The van der Waals surface area contributed by atoms with E-state index in [1.807, 2.05) is 88.3 Å². The minimum atomic E-state index is -0.866. The van der Waals surface area contributed by atoms with Crippen LogP contribution in [0.3, 0.4) is 0 Å². The first-order chi connectivity index (χ1) is 50.7. The van der Waals surface area contributed by atoms with Crippen molar-refractivity contribution < 1.29 is 57.0 Å². The number of methoxy groups -OCH3 is 3. The van der Waals surface area contributed by atoms with Crippen LogP contribution in [0.4, 0.5) is 47.4 Å². The number of urea groups is 4. The van der Waals surface area contributed by atoms with E-state index in [1.165, 1.54) is 33.5 Å². The van der Waals surface area contributed by atoms with Crippen LogP contribution in [0.1, 0.15) is 69.1 Å². The van der Waals surface area contributed by atoms with Gasteiger partial charge in [0.15, 0.2) is 5.78 Å². The minimum Gasteiger partial charge on any atom is -0.467 e. The summed E-state index contributed by atoms with van der Waals surface area (Å²) in [6.07, 6.45) is 13.1. The summed E-state index contributed by atoms with van der Waals surface area (Å²) in [6.45, 7) is 9.39. The number of carbonyl (C=O) groups is 8. The van der Waals surface area contributed by atoms with Crippen LogP contribution in [0.2, 0.25) is 0 Å². The van der Waals surface area contributed by atoms with Gasteiger partial charge < -0.3 is 65.6 Å². The molecule has 0 saturated heterocycles. The first kappa shape index (κ1) is 75.3.